The Balaban J connectivity index is 1.91. The minimum Gasteiger partial charge on any atom is -0.397 e. The van der Waals surface area contributed by atoms with Gasteiger partial charge in [-0.05, 0) is 37.0 Å². The standard InChI is InChI=1S/C15H21N3S/c1-15(2)5-7-18(8-6-15)14-12(10-3-4-10)13(17)11(9-16)19-14/h10H,3-8,17H2,1-2H3. The smallest absolute Gasteiger partial charge is 0.130 e. The Morgan fingerprint density at radius 1 is 1.32 bits per heavy atom. The van der Waals surface area contributed by atoms with Crippen LogP contribution in [0.2, 0.25) is 0 Å². The Kier molecular flexibility index (Phi) is 2.98. The quantitative estimate of drug-likeness (QED) is 0.895. The molecule has 102 valence electrons. The van der Waals surface area contributed by atoms with Gasteiger partial charge in [0, 0.05) is 18.7 Å². The number of rotatable bonds is 2. The van der Waals surface area contributed by atoms with Crippen LogP contribution in [0.3, 0.4) is 0 Å². The van der Waals surface area contributed by atoms with E-state index in [1.807, 2.05) is 0 Å². The molecule has 19 heavy (non-hydrogen) atoms. The molecular formula is C15H21N3S. The van der Waals surface area contributed by atoms with Crippen molar-refractivity contribution in [3.8, 4) is 6.07 Å². The number of anilines is 2. The molecule has 2 aliphatic rings. The predicted octanol–water partition coefficient (Wildman–Crippen LogP) is 3.71. The van der Waals surface area contributed by atoms with E-state index in [9.17, 15) is 5.26 Å². The molecule has 0 unspecified atom stereocenters. The van der Waals surface area contributed by atoms with Gasteiger partial charge < -0.3 is 10.6 Å². The molecule has 1 saturated heterocycles. The summed E-state index contributed by atoms with van der Waals surface area (Å²) in [7, 11) is 0. The van der Waals surface area contributed by atoms with Gasteiger partial charge in [-0.2, -0.15) is 5.26 Å². The Bertz CT molecular complexity index is 524. The minimum atomic E-state index is 0.455. The monoisotopic (exact) mass is 275 g/mol. The molecule has 0 spiro atoms. The zero-order chi connectivity index (χ0) is 13.6. The van der Waals surface area contributed by atoms with Crippen LogP contribution in [-0.4, -0.2) is 13.1 Å². The SMILES string of the molecule is CC1(C)CCN(c2sc(C#N)c(N)c2C2CC2)CC1. The third-order valence-corrected chi connectivity index (χ3v) is 5.64. The average molecular weight is 275 g/mol. The van der Waals surface area contributed by atoms with Crippen LogP contribution in [-0.2, 0) is 0 Å². The van der Waals surface area contributed by atoms with E-state index in [0.29, 0.717) is 16.2 Å². The number of thiophene rings is 1. The second kappa shape index (κ2) is 4.42. The van der Waals surface area contributed by atoms with Crippen molar-refractivity contribution in [2.24, 2.45) is 5.41 Å². The van der Waals surface area contributed by atoms with Crippen LogP contribution < -0.4 is 10.6 Å². The maximum absolute atomic E-state index is 9.20. The summed E-state index contributed by atoms with van der Waals surface area (Å²) in [5.74, 6) is 0.614. The normalized spacial score (nSPS) is 22.3. The van der Waals surface area contributed by atoms with Gasteiger partial charge in [0.15, 0.2) is 0 Å². The first kappa shape index (κ1) is 12.8. The molecule has 2 N–H and O–H groups in total. The van der Waals surface area contributed by atoms with Gasteiger partial charge in [0.05, 0.1) is 10.7 Å². The molecule has 0 amide bonds. The highest BCUT2D eigenvalue weighted by molar-refractivity contribution is 7.17. The lowest BCUT2D eigenvalue weighted by molar-refractivity contribution is 0.280. The van der Waals surface area contributed by atoms with Gasteiger partial charge in [-0.1, -0.05) is 13.8 Å². The van der Waals surface area contributed by atoms with Crippen molar-refractivity contribution in [3.05, 3.63) is 10.4 Å². The minimum absolute atomic E-state index is 0.455. The van der Waals surface area contributed by atoms with Gasteiger partial charge in [0.25, 0.3) is 0 Å². The number of nitrogens with zero attached hydrogens (tertiary/aromatic N) is 2. The summed E-state index contributed by atoms with van der Waals surface area (Å²) in [5, 5.41) is 10.5. The second-order valence-corrected chi connectivity index (χ2v) is 7.60. The third-order valence-electron chi connectivity index (χ3n) is 4.46. The summed E-state index contributed by atoms with van der Waals surface area (Å²) in [4.78, 5) is 3.17. The van der Waals surface area contributed by atoms with Crippen molar-refractivity contribution in [2.75, 3.05) is 23.7 Å². The van der Waals surface area contributed by atoms with E-state index in [1.54, 1.807) is 11.3 Å². The molecule has 1 aliphatic carbocycles. The highest BCUT2D eigenvalue weighted by atomic mass is 32.1. The second-order valence-electron chi connectivity index (χ2n) is 6.60. The molecule has 1 aromatic heterocycles. The Morgan fingerprint density at radius 2 is 1.95 bits per heavy atom. The number of hydrogen-bond donors (Lipinski definition) is 1. The first-order valence-electron chi connectivity index (χ1n) is 7.09. The molecule has 0 bridgehead atoms. The Morgan fingerprint density at radius 3 is 2.47 bits per heavy atom. The van der Waals surface area contributed by atoms with E-state index in [2.05, 4.69) is 24.8 Å². The van der Waals surface area contributed by atoms with E-state index in [4.69, 9.17) is 5.73 Å². The summed E-state index contributed by atoms with van der Waals surface area (Å²) in [5.41, 5.74) is 8.67. The number of nitrogen functional groups attached to an aromatic ring is 1. The van der Waals surface area contributed by atoms with Crippen molar-refractivity contribution in [2.45, 2.75) is 45.4 Å². The van der Waals surface area contributed by atoms with Crippen LogP contribution in [0.5, 0.6) is 0 Å². The molecule has 0 radical (unpaired) electrons. The number of piperidine rings is 1. The van der Waals surface area contributed by atoms with E-state index < -0.39 is 0 Å². The van der Waals surface area contributed by atoms with Crippen molar-refractivity contribution in [1.29, 1.82) is 5.26 Å². The molecule has 0 aromatic carbocycles. The van der Waals surface area contributed by atoms with Crippen LogP contribution in [0.25, 0.3) is 0 Å². The fourth-order valence-electron chi connectivity index (χ4n) is 2.84. The van der Waals surface area contributed by atoms with Crippen molar-refractivity contribution < 1.29 is 0 Å². The van der Waals surface area contributed by atoms with Crippen LogP contribution in [0, 0.1) is 16.7 Å². The van der Waals surface area contributed by atoms with Crippen LogP contribution in [0.4, 0.5) is 10.7 Å². The van der Waals surface area contributed by atoms with Crippen LogP contribution >= 0.6 is 11.3 Å². The fraction of sp³-hybridized carbons (Fsp3) is 0.667. The molecule has 3 rings (SSSR count). The Labute approximate surface area is 119 Å². The zero-order valence-electron chi connectivity index (χ0n) is 11.7. The molecule has 2 fully saturated rings. The van der Waals surface area contributed by atoms with E-state index in [1.165, 1.54) is 36.2 Å². The predicted molar refractivity (Wildman–Crippen MR) is 80.6 cm³/mol. The summed E-state index contributed by atoms with van der Waals surface area (Å²) < 4.78 is 0. The van der Waals surface area contributed by atoms with Crippen molar-refractivity contribution >= 4 is 22.0 Å². The van der Waals surface area contributed by atoms with Gasteiger partial charge in [-0.15, -0.1) is 11.3 Å². The lowest BCUT2D eigenvalue weighted by Crippen LogP contribution is -2.37. The van der Waals surface area contributed by atoms with Gasteiger partial charge in [0.1, 0.15) is 10.9 Å². The van der Waals surface area contributed by atoms with Crippen LogP contribution in [0.15, 0.2) is 0 Å². The highest BCUT2D eigenvalue weighted by Crippen LogP contribution is 2.52. The first-order chi connectivity index (χ1) is 9.02. The lowest BCUT2D eigenvalue weighted by atomic mass is 9.83. The molecule has 1 aromatic rings. The summed E-state index contributed by atoms with van der Waals surface area (Å²) in [6, 6.07) is 2.26. The molecular weight excluding hydrogens is 254 g/mol. The Hall–Kier alpha value is -1.21. The molecule has 3 nitrogen and oxygen atoms in total. The largest absolute Gasteiger partial charge is 0.397 e. The maximum Gasteiger partial charge on any atom is 0.130 e. The third kappa shape index (κ3) is 2.32. The molecule has 4 heteroatoms. The fourth-order valence-corrected chi connectivity index (χ4v) is 4.00. The number of nitrogens with two attached hydrogens (primary N) is 1. The van der Waals surface area contributed by atoms with E-state index >= 15 is 0 Å². The number of nitriles is 1. The number of hydrogen-bond acceptors (Lipinski definition) is 4. The molecule has 2 heterocycles. The van der Waals surface area contributed by atoms with Gasteiger partial charge in [0.2, 0.25) is 0 Å². The zero-order valence-corrected chi connectivity index (χ0v) is 12.5. The first-order valence-corrected chi connectivity index (χ1v) is 7.91. The van der Waals surface area contributed by atoms with Crippen LogP contribution in [0.1, 0.15) is 55.9 Å². The topological polar surface area (TPSA) is 53.0 Å². The van der Waals surface area contributed by atoms with Crippen molar-refractivity contribution in [3.63, 3.8) is 0 Å². The molecule has 0 atom stereocenters. The van der Waals surface area contributed by atoms with Gasteiger partial charge in [-0.25, -0.2) is 0 Å². The van der Waals surface area contributed by atoms with E-state index in [-0.39, 0.29) is 0 Å². The lowest BCUT2D eigenvalue weighted by Gasteiger charge is -2.38. The summed E-state index contributed by atoms with van der Waals surface area (Å²) in [6.45, 7) is 6.88. The van der Waals surface area contributed by atoms with Gasteiger partial charge >= 0.3 is 0 Å². The summed E-state index contributed by atoms with van der Waals surface area (Å²) in [6.07, 6.45) is 4.91. The van der Waals surface area contributed by atoms with Crippen molar-refractivity contribution in [1.82, 2.24) is 0 Å². The maximum atomic E-state index is 9.20. The summed E-state index contributed by atoms with van der Waals surface area (Å²) >= 11 is 1.60. The average Bonchev–Trinajstić information content (AvgIpc) is 3.14. The van der Waals surface area contributed by atoms with Gasteiger partial charge in [-0.3, -0.25) is 0 Å². The van der Waals surface area contributed by atoms with E-state index in [0.717, 1.165) is 18.8 Å². The molecule has 1 aliphatic heterocycles. The highest BCUT2D eigenvalue weighted by Gasteiger charge is 2.35. The molecule has 1 saturated carbocycles.